The predicted molar refractivity (Wildman–Crippen MR) is 89.9 cm³/mol. The Labute approximate surface area is 139 Å². The van der Waals surface area contributed by atoms with Crippen molar-refractivity contribution < 1.29 is 0 Å². The molecule has 24 heavy (non-hydrogen) atoms. The second-order valence-corrected chi connectivity index (χ2v) is 6.32. The molecule has 0 radical (unpaired) electrons. The second-order valence-electron chi connectivity index (χ2n) is 6.32. The molecule has 0 spiro atoms. The molecule has 0 saturated carbocycles. The summed E-state index contributed by atoms with van der Waals surface area (Å²) in [6.45, 7) is 4.50. The van der Waals surface area contributed by atoms with E-state index in [9.17, 15) is 4.79 Å². The molecule has 4 rings (SSSR count). The van der Waals surface area contributed by atoms with E-state index in [0.29, 0.717) is 0 Å². The lowest BCUT2D eigenvalue weighted by Crippen LogP contribution is -2.28. The molecule has 0 saturated heterocycles. The maximum atomic E-state index is 12.5. The molecular weight excluding hydrogens is 304 g/mol. The summed E-state index contributed by atoms with van der Waals surface area (Å²) in [6.07, 6.45) is 5.07. The molecule has 4 heterocycles. The van der Waals surface area contributed by atoms with Crippen LogP contribution in [0.15, 0.2) is 29.5 Å². The third-order valence-electron chi connectivity index (χ3n) is 4.79. The summed E-state index contributed by atoms with van der Waals surface area (Å²) in [5, 5.41) is 4.12. The van der Waals surface area contributed by atoms with Gasteiger partial charge in [0.05, 0.1) is 5.69 Å². The van der Waals surface area contributed by atoms with Crippen LogP contribution in [0.25, 0.3) is 5.65 Å². The molecular formula is C17H20N6O. The van der Waals surface area contributed by atoms with Gasteiger partial charge in [0.15, 0.2) is 5.65 Å². The number of pyridine rings is 1. The highest BCUT2D eigenvalue weighted by Crippen LogP contribution is 2.14. The van der Waals surface area contributed by atoms with E-state index in [0.717, 1.165) is 55.2 Å². The van der Waals surface area contributed by atoms with Gasteiger partial charge in [-0.15, -0.1) is 0 Å². The molecule has 7 heteroatoms. The van der Waals surface area contributed by atoms with Gasteiger partial charge in [0.2, 0.25) is 0 Å². The van der Waals surface area contributed by atoms with Crippen LogP contribution in [0.1, 0.15) is 22.6 Å². The zero-order chi connectivity index (χ0) is 16.7. The average molecular weight is 324 g/mol. The van der Waals surface area contributed by atoms with Crippen molar-refractivity contribution in [3.05, 3.63) is 57.7 Å². The summed E-state index contributed by atoms with van der Waals surface area (Å²) in [4.78, 5) is 23.7. The highest BCUT2D eigenvalue weighted by molar-refractivity contribution is 5.39. The van der Waals surface area contributed by atoms with Crippen molar-refractivity contribution in [2.24, 2.45) is 7.05 Å². The van der Waals surface area contributed by atoms with Gasteiger partial charge in [0.25, 0.3) is 5.56 Å². The predicted octanol–water partition coefficient (Wildman–Crippen LogP) is 0.732. The Bertz CT molecular complexity index is 957. The Kier molecular flexibility index (Phi) is 3.65. The van der Waals surface area contributed by atoms with E-state index in [2.05, 4.69) is 32.1 Å². The molecule has 0 bridgehead atoms. The summed E-state index contributed by atoms with van der Waals surface area (Å²) >= 11 is 0. The monoisotopic (exact) mass is 324 g/mol. The molecule has 0 atom stereocenters. The SMILES string of the molecule is Cc1nc2c(c(=O)n1C)CCN(Cc1ccn3ncnc3c1)CC2. The van der Waals surface area contributed by atoms with Crippen LogP contribution in [-0.4, -0.2) is 42.1 Å². The van der Waals surface area contributed by atoms with Crippen molar-refractivity contribution in [2.45, 2.75) is 26.3 Å². The molecule has 124 valence electrons. The van der Waals surface area contributed by atoms with Gasteiger partial charge in [-0.2, -0.15) is 5.10 Å². The molecule has 0 aromatic carbocycles. The molecule has 0 amide bonds. The minimum absolute atomic E-state index is 0.101. The van der Waals surface area contributed by atoms with Gasteiger partial charge in [0, 0.05) is 44.9 Å². The van der Waals surface area contributed by atoms with Crippen LogP contribution in [0.3, 0.4) is 0 Å². The van der Waals surface area contributed by atoms with Crippen molar-refractivity contribution in [2.75, 3.05) is 13.1 Å². The first-order valence-electron chi connectivity index (χ1n) is 8.18. The average Bonchev–Trinajstić information content (AvgIpc) is 2.95. The van der Waals surface area contributed by atoms with Crippen molar-refractivity contribution in [3.63, 3.8) is 0 Å². The van der Waals surface area contributed by atoms with Crippen molar-refractivity contribution >= 4 is 5.65 Å². The molecule has 1 aliphatic rings. The number of fused-ring (bicyclic) bond motifs is 2. The van der Waals surface area contributed by atoms with E-state index in [-0.39, 0.29) is 5.56 Å². The maximum absolute atomic E-state index is 12.5. The van der Waals surface area contributed by atoms with Crippen molar-refractivity contribution in [1.82, 2.24) is 29.0 Å². The third-order valence-corrected chi connectivity index (χ3v) is 4.79. The Balaban J connectivity index is 1.55. The van der Waals surface area contributed by atoms with Gasteiger partial charge in [-0.05, 0) is 31.0 Å². The van der Waals surface area contributed by atoms with Crippen LogP contribution in [-0.2, 0) is 26.4 Å². The zero-order valence-corrected chi connectivity index (χ0v) is 13.9. The fourth-order valence-electron chi connectivity index (χ4n) is 3.29. The largest absolute Gasteiger partial charge is 0.300 e. The zero-order valence-electron chi connectivity index (χ0n) is 13.9. The van der Waals surface area contributed by atoms with Gasteiger partial charge in [0.1, 0.15) is 12.2 Å². The van der Waals surface area contributed by atoms with E-state index in [4.69, 9.17) is 0 Å². The maximum Gasteiger partial charge on any atom is 0.256 e. The van der Waals surface area contributed by atoms with Crippen molar-refractivity contribution in [1.29, 1.82) is 0 Å². The summed E-state index contributed by atoms with van der Waals surface area (Å²) in [5.41, 5.74) is 4.00. The molecule has 0 N–H and O–H groups in total. The fourth-order valence-corrected chi connectivity index (χ4v) is 3.29. The third kappa shape index (κ3) is 2.60. The van der Waals surface area contributed by atoms with Crippen LogP contribution in [0.2, 0.25) is 0 Å². The normalized spacial score (nSPS) is 15.4. The summed E-state index contributed by atoms with van der Waals surface area (Å²) in [7, 11) is 1.79. The minimum Gasteiger partial charge on any atom is -0.300 e. The molecule has 0 fully saturated rings. The van der Waals surface area contributed by atoms with Crippen molar-refractivity contribution in [3.8, 4) is 0 Å². The molecule has 0 aliphatic carbocycles. The number of nitrogens with zero attached hydrogens (tertiary/aromatic N) is 6. The first-order valence-corrected chi connectivity index (χ1v) is 8.18. The smallest absolute Gasteiger partial charge is 0.256 e. The quantitative estimate of drug-likeness (QED) is 0.695. The highest BCUT2D eigenvalue weighted by Gasteiger charge is 2.19. The first kappa shape index (κ1) is 15.0. The molecule has 7 nitrogen and oxygen atoms in total. The Morgan fingerprint density at radius 2 is 2.08 bits per heavy atom. The number of hydrogen-bond donors (Lipinski definition) is 0. The molecule has 3 aromatic heterocycles. The highest BCUT2D eigenvalue weighted by atomic mass is 16.1. The summed E-state index contributed by atoms with van der Waals surface area (Å²) in [6, 6.07) is 4.13. The Morgan fingerprint density at radius 1 is 1.25 bits per heavy atom. The van der Waals surface area contributed by atoms with Crippen LogP contribution in [0.5, 0.6) is 0 Å². The van der Waals surface area contributed by atoms with Gasteiger partial charge in [-0.3, -0.25) is 14.3 Å². The number of aryl methyl sites for hydroxylation is 1. The lowest BCUT2D eigenvalue weighted by molar-refractivity contribution is 0.279. The lowest BCUT2D eigenvalue weighted by Gasteiger charge is -2.19. The van der Waals surface area contributed by atoms with Gasteiger partial charge < -0.3 is 0 Å². The van der Waals surface area contributed by atoms with Gasteiger partial charge >= 0.3 is 0 Å². The van der Waals surface area contributed by atoms with Crippen LogP contribution >= 0.6 is 0 Å². The lowest BCUT2D eigenvalue weighted by atomic mass is 10.1. The molecule has 0 unspecified atom stereocenters. The number of aromatic nitrogens is 5. The van der Waals surface area contributed by atoms with Crippen LogP contribution in [0, 0.1) is 6.92 Å². The topological polar surface area (TPSA) is 68.3 Å². The Morgan fingerprint density at radius 3 is 2.96 bits per heavy atom. The van der Waals surface area contributed by atoms with E-state index < -0.39 is 0 Å². The minimum atomic E-state index is 0.101. The van der Waals surface area contributed by atoms with Crippen LogP contribution < -0.4 is 5.56 Å². The van der Waals surface area contributed by atoms with E-state index in [1.807, 2.05) is 13.1 Å². The first-order chi connectivity index (χ1) is 11.6. The molecule has 1 aliphatic heterocycles. The molecule has 3 aromatic rings. The Hall–Kier alpha value is -2.54. The van der Waals surface area contributed by atoms with Crippen LogP contribution in [0.4, 0.5) is 0 Å². The van der Waals surface area contributed by atoms with E-state index in [1.54, 1.807) is 22.5 Å². The number of rotatable bonds is 2. The number of hydrogen-bond acceptors (Lipinski definition) is 5. The summed E-state index contributed by atoms with van der Waals surface area (Å²) < 4.78 is 3.41. The second kappa shape index (κ2) is 5.83. The fraction of sp³-hybridized carbons (Fsp3) is 0.412. The van der Waals surface area contributed by atoms with Gasteiger partial charge in [-0.25, -0.2) is 14.5 Å². The standard InChI is InChI=1S/C17H20N6O/c1-12-20-15-5-7-22(6-4-14(15)17(24)21(12)2)10-13-3-8-23-16(9-13)18-11-19-23/h3,8-9,11H,4-7,10H2,1-2H3. The van der Waals surface area contributed by atoms with Gasteiger partial charge in [-0.1, -0.05) is 0 Å². The summed E-state index contributed by atoms with van der Waals surface area (Å²) in [5.74, 6) is 0.782. The van der Waals surface area contributed by atoms with E-state index >= 15 is 0 Å². The van der Waals surface area contributed by atoms with E-state index in [1.165, 1.54) is 5.56 Å².